The fourth-order valence-corrected chi connectivity index (χ4v) is 3.86. The number of amides is 1. The number of benzene rings is 3. The Kier molecular flexibility index (Phi) is 6.42. The molecule has 0 radical (unpaired) electrons. The van der Waals surface area contributed by atoms with Gasteiger partial charge in [0.25, 0.3) is 0 Å². The second-order valence-corrected chi connectivity index (χ2v) is 7.86. The molecule has 0 spiro atoms. The van der Waals surface area contributed by atoms with Crippen LogP contribution in [-0.2, 0) is 19.6 Å². The number of nitrogens with zero attached hydrogens (tertiary/aromatic N) is 1. The zero-order chi connectivity index (χ0) is 23.4. The molecule has 5 N–H and O–H groups in total. The quantitative estimate of drug-likeness (QED) is 0.365. The SMILES string of the molecule is NCCc1cn(Cc2cccc(C(=O)O)c2)c2ccc(OCc3ccc(C(N)=O)cc3)cc12. The molecule has 0 saturated heterocycles. The van der Waals surface area contributed by atoms with Crippen molar-refractivity contribution in [1.82, 2.24) is 4.57 Å². The van der Waals surface area contributed by atoms with E-state index in [1.165, 1.54) is 0 Å². The lowest BCUT2D eigenvalue weighted by molar-refractivity contribution is 0.0696. The molecular formula is C26H25N3O4. The van der Waals surface area contributed by atoms with Crippen molar-refractivity contribution in [3.05, 3.63) is 101 Å². The van der Waals surface area contributed by atoms with Gasteiger partial charge in [0.15, 0.2) is 0 Å². The standard InChI is InChI=1S/C26H25N3O4/c27-11-10-21-15-29(14-18-2-1-3-20(12-18)26(31)32)24-9-8-22(13-23(21)24)33-16-17-4-6-19(7-5-17)25(28)30/h1-9,12-13,15H,10-11,14,16,27H2,(H2,28,30)(H,31,32). The van der Waals surface area contributed by atoms with E-state index < -0.39 is 11.9 Å². The molecule has 0 bridgehead atoms. The average Bonchev–Trinajstić information content (AvgIpc) is 3.14. The lowest BCUT2D eigenvalue weighted by Gasteiger charge is -2.09. The number of nitrogens with two attached hydrogens (primary N) is 2. The van der Waals surface area contributed by atoms with Crippen LogP contribution in [0.2, 0.25) is 0 Å². The van der Waals surface area contributed by atoms with Gasteiger partial charge in [0.2, 0.25) is 5.91 Å². The van der Waals surface area contributed by atoms with E-state index in [0.29, 0.717) is 25.3 Å². The van der Waals surface area contributed by atoms with Crippen LogP contribution >= 0.6 is 0 Å². The Bertz CT molecular complexity index is 1310. The number of rotatable bonds is 9. The predicted molar refractivity (Wildman–Crippen MR) is 126 cm³/mol. The Labute approximate surface area is 191 Å². The van der Waals surface area contributed by atoms with E-state index in [9.17, 15) is 14.7 Å². The van der Waals surface area contributed by atoms with Gasteiger partial charge in [0, 0.05) is 29.2 Å². The van der Waals surface area contributed by atoms with Gasteiger partial charge < -0.3 is 25.9 Å². The Morgan fingerprint density at radius 3 is 2.42 bits per heavy atom. The Balaban J connectivity index is 1.57. The first-order valence-electron chi connectivity index (χ1n) is 10.6. The molecular weight excluding hydrogens is 418 g/mol. The summed E-state index contributed by atoms with van der Waals surface area (Å²) in [5.74, 6) is -0.672. The van der Waals surface area contributed by atoms with Crippen molar-refractivity contribution in [1.29, 1.82) is 0 Å². The molecule has 33 heavy (non-hydrogen) atoms. The third-order valence-electron chi connectivity index (χ3n) is 5.52. The summed E-state index contributed by atoms with van der Waals surface area (Å²) in [6.45, 7) is 1.43. The highest BCUT2D eigenvalue weighted by atomic mass is 16.5. The number of primary amides is 1. The maximum Gasteiger partial charge on any atom is 0.335 e. The van der Waals surface area contributed by atoms with Gasteiger partial charge in [-0.05, 0) is 72.1 Å². The van der Waals surface area contributed by atoms with Gasteiger partial charge in [-0.2, -0.15) is 0 Å². The summed E-state index contributed by atoms with van der Waals surface area (Å²) in [6.07, 6.45) is 2.79. The highest BCUT2D eigenvalue weighted by Crippen LogP contribution is 2.28. The number of fused-ring (bicyclic) bond motifs is 1. The van der Waals surface area contributed by atoms with E-state index in [1.807, 2.05) is 36.4 Å². The van der Waals surface area contributed by atoms with Crippen molar-refractivity contribution in [3.63, 3.8) is 0 Å². The van der Waals surface area contributed by atoms with E-state index >= 15 is 0 Å². The largest absolute Gasteiger partial charge is 0.489 e. The fourth-order valence-electron chi connectivity index (χ4n) is 3.86. The number of aromatic carboxylic acids is 1. The normalized spacial score (nSPS) is 10.9. The van der Waals surface area contributed by atoms with E-state index in [0.717, 1.165) is 39.8 Å². The number of hydrogen-bond donors (Lipinski definition) is 3. The topological polar surface area (TPSA) is 121 Å². The van der Waals surface area contributed by atoms with Crippen molar-refractivity contribution in [3.8, 4) is 5.75 Å². The number of carbonyl (C=O) groups is 2. The minimum absolute atomic E-state index is 0.269. The first-order valence-corrected chi connectivity index (χ1v) is 10.6. The number of carbonyl (C=O) groups excluding carboxylic acids is 1. The van der Waals surface area contributed by atoms with Crippen LogP contribution in [0.25, 0.3) is 10.9 Å². The van der Waals surface area contributed by atoms with Crippen LogP contribution in [0.4, 0.5) is 0 Å². The number of aromatic nitrogens is 1. The highest BCUT2D eigenvalue weighted by Gasteiger charge is 2.11. The van der Waals surface area contributed by atoms with Crippen LogP contribution in [0, 0.1) is 0 Å². The van der Waals surface area contributed by atoms with Gasteiger partial charge >= 0.3 is 5.97 Å². The molecule has 4 rings (SSSR count). The maximum absolute atomic E-state index is 11.3. The molecule has 7 heteroatoms. The summed E-state index contributed by atoms with van der Waals surface area (Å²) in [5.41, 5.74) is 15.8. The third kappa shape index (κ3) is 5.05. The first kappa shape index (κ1) is 22.1. The van der Waals surface area contributed by atoms with Gasteiger partial charge in [-0.3, -0.25) is 4.79 Å². The molecule has 0 unspecified atom stereocenters. The minimum atomic E-state index is -0.941. The molecule has 0 fully saturated rings. The van der Waals surface area contributed by atoms with Crippen LogP contribution in [0.1, 0.15) is 37.4 Å². The summed E-state index contributed by atoms with van der Waals surface area (Å²) >= 11 is 0. The van der Waals surface area contributed by atoms with E-state index in [1.54, 1.807) is 30.3 Å². The summed E-state index contributed by atoms with van der Waals surface area (Å²) in [6, 6.07) is 19.9. The Hall–Kier alpha value is -4.10. The average molecular weight is 444 g/mol. The van der Waals surface area contributed by atoms with Crippen molar-refractivity contribution in [2.45, 2.75) is 19.6 Å². The zero-order valence-electron chi connectivity index (χ0n) is 18.0. The Morgan fingerprint density at radius 2 is 1.73 bits per heavy atom. The van der Waals surface area contributed by atoms with E-state index in [-0.39, 0.29) is 5.56 Å². The molecule has 1 heterocycles. The summed E-state index contributed by atoms with van der Waals surface area (Å²) in [7, 11) is 0. The van der Waals surface area contributed by atoms with E-state index in [2.05, 4.69) is 10.8 Å². The number of hydrogen-bond acceptors (Lipinski definition) is 4. The minimum Gasteiger partial charge on any atom is -0.489 e. The van der Waals surface area contributed by atoms with Gasteiger partial charge in [-0.1, -0.05) is 24.3 Å². The molecule has 7 nitrogen and oxygen atoms in total. The van der Waals surface area contributed by atoms with Gasteiger partial charge in [0.05, 0.1) is 5.56 Å². The van der Waals surface area contributed by atoms with Gasteiger partial charge in [0.1, 0.15) is 12.4 Å². The first-order chi connectivity index (χ1) is 15.9. The maximum atomic E-state index is 11.3. The molecule has 4 aromatic rings. The van der Waals surface area contributed by atoms with E-state index in [4.69, 9.17) is 16.2 Å². The van der Waals surface area contributed by atoms with Crippen molar-refractivity contribution in [2.24, 2.45) is 11.5 Å². The van der Waals surface area contributed by atoms with Crippen molar-refractivity contribution >= 4 is 22.8 Å². The highest BCUT2D eigenvalue weighted by molar-refractivity contribution is 5.92. The lowest BCUT2D eigenvalue weighted by atomic mass is 10.1. The molecule has 0 aliphatic heterocycles. The van der Waals surface area contributed by atoms with Gasteiger partial charge in [-0.15, -0.1) is 0 Å². The smallest absolute Gasteiger partial charge is 0.335 e. The number of carboxylic acid groups (broad SMARTS) is 1. The molecule has 168 valence electrons. The fraction of sp³-hybridized carbons (Fsp3) is 0.154. The molecule has 1 amide bonds. The predicted octanol–water partition coefficient (Wildman–Crippen LogP) is 3.57. The molecule has 3 aromatic carbocycles. The van der Waals surface area contributed by atoms with Crippen LogP contribution in [-0.4, -0.2) is 28.1 Å². The monoisotopic (exact) mass is 443 g/mol. The molecule has 0 aliphatic carbocycles. The molecule has 0 saturated carbocycles. The lowest BCUT2D eigenvalue weighted by Crippen LogP contribution is -2.10. The summed E-state index contributed by atoms with van der Waals surface area (Å²) in [4.78, 5) is 22.5. The van der Waals surface area contributed by atoms with Crippen LogP contribution in [0.5, 0.6) is 5.75 Å². The Morgan fingerprint density at radius 1 is 0.939 bits per heavy atom. The molecule has 0 atom stereocenters. The van der Waals surface area contributed by atoms with Crippen LogP contribution in [0.15, 0.2) is 72.9 Å². The van der Waals surface area contributed by atoms with Crippen molar-refractivity contribution in [2.75, 3.05) is 6.54 Å². The van der Waals surface area contributed by atoms with Crippen LogP contribution < -0.4 is 16.2 Å². The van der Waals surface area contributed by atoms with Crippen LogP contribution in [0.3, 0.4) is 0 Å². The van der Waals surface area contributed by atoms with Gasteiger partial charge in [-0.25, -0.2) is 4.79 Å². The second kappa shape index (κ2) is 9.58. The molecule has 0 aliphatic rings. The zero-order valence-corrected chi connectivity index (χ0v) is 18.0. The third-order valence-corrected chi connectivity index (χ3v) is 5.52. The number of carboxylic acids is 1. The summed E-state index contributed by atoms with van der Waals surface area (Å²) in [5, 5.41) is 10.3. The molecule has 1 aromatic heterocycles. The van der Waals surface area contributed by atoms with Crippen molar-refractivity contribution < 1.29 is 19.4 Å². The number of ether oxygens (including phenoxy) is 1. The summed E-state index contributed by atoms with van der Waals surface area (Å²) < 4.78 is 8.09. The second-order valence-electron chi connectivity index (χ2n) is 7.86.